The third kappa shape index (κ3) is 2.70. The van der Waals surface area contributed by atoms with Gasteiger partial charge in [0.25, 0.3) is 10.0 Å². The summed E-state index contributed by atoms with van der Waals surface area (Å²) >= 11 is 0. The van der Waals surface area contributed by atoms with Crippen LogP contribution < -0.4 is 4.72 Å². The van der Waals surface area contributed by atoms with Crippen LogP contribution in [0.4, 0.5) is 10.1 Å². The molecule has 0 spiro atoms. The zero-order chi connectivity index (χ0) is 14.8. The monoisotopic (exact) mass is 292 g/mol. The molecule has 0 amide bonds. The highest BCUT2D eigenvalue weighted by Crippen LogP contribution is 2.27. The van der Waals surface area contributed by atoms with Crippen molar-refractivity contribution in [2.75, 3.05) is 4.72 Å². The molecule has 102 valence electrons. The first kappa shape index (κ1) is 13.8. The van der Waals surface area contributed by atoms with Crippen molar-refractivity contribution in [1.29, 1.82) is 5.26 Å². The maximum atomic E-state index is 12.8. The average Bonchev–Trinajstić information content (AvgIpc) is 2.42. The van der Waals surface area contributed by atoms with Gasteiger partial charge < -0.3 is 5.11 Å². The molecule has 0 aromatic heterocycles. The smallest absolute Gasteiger partial charge is 0.263 e. The molecular weight excluding hydrogens is 283 g/mol. The number of nitrogens with one attached hydrogen (secondary N) is 1. The van der Waals surface area contributed by atoms with Crippen LogP contribution in [-0.4, -0.2) is 13.5 Å². The Morgan fingerprint density at radius 2 is 1.90 bits per heavy atom. The Morgan fingerprint density at radius 3 is 2.55 bits per heavy atom. The normalized spacial score (nSPS) is 10.8. The van der Waals surface area contributed by atoms with Gasteiger partial charge in [0.2, 0.25) is 0 Å². The third-order valence-electron chi connectivity index (χ3n) is 2.50. The number of phenolic OH excluding ortho intramolecular Hbond substituents is 1. The molecule has 2 N–H and O–H groups in total. The molecular formula is C13H9FN2O3S. The van der Waals surface area contributed by atoms with E-state index in [0.29, 0.717) is 0 Å². The summed E-state index contributed by atoms with van der Waals surface area (Å²) in [6.45, 7) is 0. The zero-order valence-corrected chi connectivity index (χ0v) is 10.9. The SMILES string of the molecule is N#Cc1ccccc1S(=O)(=O)Nc1ccc(F)cc1O. The topological polar surface area (TPSA) is 90.2 Å². The molecule has 0 aliphatic carbocycles. The van der Waals surface area contributed by atoms with E-state index >= 15 is 0 Å². The Morgan fingerprint density at radius 1 is 1.20 bits per heavy atom. The number of anilines is 1. The second kappa shape index (κ2) is 5.19. The van der Waals surface area contributed by atoms with Gasteiger partial charge in [0.15, 0.2) is 0 Å². The van der Waals surface area contributed by atoms with E-state index in [9.17, 15) is 17.9 Å². The molecule has 7 heteroatoms. The molecule has 0 heterocycles. The number of hydrogen-bond donors (Lipinski definition) is 2. The van der Waals surface area contributed by atoms with Crippen molar-refractivity contribution in [3.63, 3.8) is 0 Å². The molecule has 20 heavy (non-hydrogen) atoms. The molecule has 0 atom stereocenters. The van der Waals surface area contributed by atoms with Crippen LogP contribution in [0.25, 0.3) is 0 Å². The standard InChI is InChI=1S/C13H9FN2O3S/c14-10-5-6-11(12(17)7-10)16-20(18,19)13-4-2-1-3-9(13)8-15/h1-7,16-17H. The second-order valence-electron chi connectivity index (χ2n) is 3.87. The van der Waals surface area contributed by atoms with Gasteiger partial charge in [0, 0.05) is 6.07 Å². The first-order valence-electron chi connectivity index (χ1n) is 5.44. The molecule has 5 nitrogen and oxygen atoms in total. The van der Waals surface area contributed by atoms with Crippen molar-refractivity contribution in [1.82, 2.24) is 0 Å². The van der Waals surface area contributed by atoms with Gasteiger partial charge >= 0.3 is 0 Å². The average molecular weight is 292 g/mol. The first-order valence-corrected chi connectivity index (χ1v) is 6.93. The number of aromatic hydroxyl groups is 1. The largest absolute Gasteiger partial charge is 0.506 e. The van der Waals surface area contributed by atoms with E-state index in [1.165, 1.54) is 24.3 Å². The van der Waals surface area contributed by atoms with Crippen LogP contribution >= 0.6 is 0 Å². The number of nitrogens with zero attached hydrogens (tertiary/aromatic N) is 1. The van der Waals surface area contributed by atoms with E-state index in [1.54, 1.807) is 6.07 Å². The number of rotatable bonds is 3. The van der Waals surface area contributed by atoms with E-state index in [2.05, 4.69) is 4.72 Å². The highest BCUT2D eigenvalue weighted by molar-refractivity contribution is 7.92. The highest BCUT2D eigenvalue weighted by Gasteiger charge is 2.19. The fraction of sp³-hybridized carbons (Fsp3) is 0. The van der Waals surface area contributed by atoms with Crippen LogP contribution in [0.15, 0.2) is 47.4 Å². The molecule has 0 fully saturated rings. The lowest BCUT2D eigenvalue weighted by molar-refractivity contribution is 0.471. The van der Waals surface area contributed by atoms with Gasteiger partial charge in [-0.3, -0.25) is 4.72 Å². The lowest BCUT2D eigenvalue weighted by Gasteiger charge is -2.10. The van der Waals surface area contributed by atoms with E-state index < -0.39 is 21.6 Å². The van der Waals surface area contributed by atoms with Crippen LogP contribution in [0.3, 0.4) is 0 Å². The molecule has 0 saturated carbocycles. The molecule has 2 rings (SSSR count). The summed E-state index contributed by atoms with van der Waals surface area (Å²) < 4.78 is 39.3. The summed E-state index contributed by atoms with van der Waals surface area (Å²) in [4.78, 5) is -0.216. The van der Waals surface area contributed by atoms with Gasteiger partial charge in [-0.05, 0) is 24.3 Å². The summed E-state index contributed by atoms with van der Waals surface area (Å²) in [5.41, 5.74) is -0.194. The number of halogens is 1. The summed E-state index contributed by atoms with van der Waals surface area (Å²) in [7, 11) is -4.05. The fourth-order valence-corrected chi connectivity index (χ4v) is 2.82. The molecule has 2 aromatic carbocycles. The molecule has 0 aliphatic heterocycles. The lowest BCUT2D eigenvalue weighted by atomic mass is 10.2. The summed E-state index contributed by atoms with van der Waals surface area (Å²) in [6, 6.07) is 10.3. The van der Waals surface area contributed by atoms with Crippen molar-refractivity contribution in [3.05, 3.63) is 53.8 Å². The second-order valence-corrected chi connectivity index (χ2v) is 5.53. The Labute approximate surface area is 115 Å². The fourth-order valence-electron chi connectivity index (χ4n) is 1.58. The van der Waals surface area contributed by atoms with Crippen molar-refractivity contribution < 1.29 is 17.9 Å². The minimum absolute atomic E-state index is 0.0263. The van der Waals surface area contributed by atoms with E-state index in [1.807, 2.05) is 0 Å². The molecule has 0 radical (unpaired) electrons. The summed E-state index contributed by atoms with van der Waals surface area (Å²) in [6.07, 6.45) is 0. The van der Waals surface area contributed by atoms with Crippen LogP contribution in [0, 0.1) is 17.1 Å². The molecule has 2 aromatic rings. The number of sulfonamides is 1. The van der Waals surface area contributed by atoms with E-state index in [-0.39, 0.29) is 16.1 Å². The minimum Gasteiger partial charge on any atom is -0.506 e. The van der Waals surface area contributed by atoms with Gasteiger partial charge in [0.05, 0.1) is 11.3 Å². The van der Waals surface area contributed by atoms with Crippen molar-refractivity contribution >= 4 is 15.7 Å². The van der Waals surface area contributed by atoms with Gasteiger partial charge in [-0.15, -0.1) is 0 Å². The Kier molecular flexibility index (Phi) is 3.59. The van der Waals surface area contributed by atoms with Crippen LogP contribution in [0.2, 0.25) is 0 Å². The van der Waals surface area contributed by atoms with Crippen LogP contribution in [0.1, 0.15) is 5.56 Å². The zero-order valence-electron chi connectivity index (χ0n) is 10.0. The third-order valence-corrected chi connectivity index (χ3v) is 3.92. The summed E-state index contributed by atoms with van der Waals surface area (Å²) in [5, 5.41) is 18.4. The Hall–Kier alpha value is -2.59. The lowest BCUT2D eigenvalue weighted by Crippen LogP contribution is -2.14. The number of hydrogen-bond acceptors (Lipinski definition) is 4. The van der Waals surface area contributed by atoms with Crippen molar-refractivity contribution in [2.24, 2.45) is 0 Å². The number of nitriles is 1. The van der Waals surface area contributed by atoms with Gasteiger partial charge in [0.1, 0.15) is 22.5 Å². The number of benzene rings is 2. The van der Waals surface area contributed by atoms with Crippen LogP contribution in [0.5, 0.6) is 5.75 Å². The predicted molar refractivity (Wildman–Crippen MR) is 70.0 cm³/mol. The Bertz CT molecular complexity index is 798. The van der Waals surface area contributed by atoms with Crippen LogP contribution in [-0.2, 0) is 10.0 Å². The van der Waals surface area contributed by atoms with E-state index in [0.717, 1.165) is 18.2 Å². The predicted octanol–water partition coefficient (Wildman–Crippen LogP) is 2.20. The molecule has 0 bridgehead atoms. The summed E-state index contributed by atoms with van der Waals surface area (Å²) in [5.74, 6) is -1.23. The minimum atomic E-state index is -4.05. The van der Waals surface area contributed by atoms with Gasteiger partial charge in [-0.2, -0.15) is 5.26 Å². The Balaban J connectivity index is 2.44. The van der Waals surface area contributed by atoms with Crippen molar-refractivity contribution in [3.8, 4) is 11.8 Å². The maximum Gasteiger partial charge on any atom is 0.263 e. The van der Waals surface area contributed by atoms with Gasteiger partial charge in [-0.25, -0.2) is 12.8 Å². The highest BCUT2D eigenvalue weighted by atomic mass is 32.2. The first-order chi connectivity index (χ1) is 9.44. The van der Waals surface area contributed by atoms with Gasteiger partial charge in [-0.1, -0.05) is 12.1 Å². The quantitative estimate of drug-likeness (QED) is 0.849. The maximum absolute atomic E-state index is 12.8. The molecule has 0 aliphatic rings. The van der Waals surface area contributed by atoms with E-state index in [4.69, 9.17) is 5.26 Å². The van der Waals surface area contributed by atoms with Crippen molar-refractivity contribution in [2.45, 2.75) is 4.90 Å². The molecule has 0 saturated heterocycles. The molecule has 0 unspecified atom stereocenters. The number of phenols is 1.